The number of rotatable bonds is 36. The molecule has 282 valence electrons. The summed E-state index contributed by atoms with van der Waals surface area (Å²) in [4.78, 5) is 12.5. The zero-order valence-corrected chi connectivity index (χ0v) is 31.5. The standard InChI is InChI=1S/C42H79NO5/c1-3-5-7-9-11-13-15-17-19-20-22-23-25-27-29-31-33-35-39(45)41(47)38(37-44)43-42(48)40(46)36-34-32-30-28-26-24-21-18-16-14-12-10-8-6-4-2/h13,15,20,22,27,29,38-41,44-47H,3-12,14,16-19,21,23-26,28,30-37H2,1-2H3,(H,43,48)/b15-13+,22-20+,29-27+. The van der Waals surface area contributed by atoms with Gasteiger partial charge in [0.1, 0.15) is 12.2 Å². The first-order valence-corrected chi connectivity index (χ1v) is 20.4. The van der Waals surface area contributed by atoms with Crippen molar-refractivity contribution in [1.82, 2.24) is 5.32 Å². The van der Waals surface area contributed by atoms with Crippen LogP contribution in [0.1, 0.15) is 194 Å². The van der Waals surface area contributed by atoms with Crippen molar-refractivity contribution in [3.63, 3.8) is 0 Å². The Hall–Kier alpha value is -1.47. The highest BCUT2D eigenvalue weighted by atomic mass is 16.3. The molecule has 0 bridgehead atoms. The first-order chi connectivity index (χ1) is 23.5. The molecule has 0 aliphatic heterocycles. The third-order valence-electron chi connectivity index (χ3n) is 9.31. The van der Waals surface area contributed by atoms with Crippen LogP contribution in [0, 0.1) is 0 Å². The van der Waals surface area contributed by atoms with Gasteiger partial charge in [0.05, 0.1) is 18.8 Å². The van der Waals surface area contributed by atoms with Crippen LogP contribution < -0.4 is 5.32 Å². The van der Waals surface area contributed by atoms with Crippen LogP contribution >= 0.6 is 0 Å². The van der Waals surface area contributed by atoms with E-state index in [0.29, 0.717) is 19.3 Å². The van der Waals surface area contributed by atoms with Crippen LogP contribution in [-0.4, -0.2) is 57.3 Å². The molecule has 0 radical (unpaired) electrons. The number of aliphatic hydroxyl groups excluding tert-OH is 4. The quantitative estimate of drug-likeness (QED) is 0.0335. The Balaban J connectivity index is 3.86. The molecule has 0 rings (SSSR count). The summed E-state index contributed by atoms with van der Waals surface area (Å²) in [6.07, 6.45) is 41.6. The molecule has 0 saturated carbocycles. The summed E-state index contributed by atoms with van der Waals surface area (Å²) in [6.45, 7) is 4.00. The van der Waals surface area contributed by atoms with E-state index >= 15 is 0 Å². The lowest BCUT2D eigenvalue weighted by molar-refractivity contribution is -0.132. The summed E-state index contributed by atoms with van der Waals surface area (Å²) in [5, 5.41) is 43.5. The van der Waals surface area contributed by atoms with E-state index < -0.39 is 36.9 Å². The highest BCUT2D eigenvalue weighted by Crippen LogP contribution is 2.15. The zero-order chi connectivity index (χ0) is 35.3. The van der Waals surface area contributed by atoms with E-state index in [1.54, 1.807) is 0 Å². The van der Waals surface area contributed by atoms with Gasteiger partial charge in [-0.15, -0.1) is 0 Å². The van der Waals surface area contributed by atoms with Crippen LogP contribution in [0.5, 0.6) is 0 Å². The molecule has 0 heterocycles. The normalized spacial score (nSPS) is 14.7. The smallest absolute Gasteiger partial charge is 0.249 e. The summed E-state index contributed by atoms with van der Waals surface area (Å²) in [7, 11) is 0. The van der Waals surface area contributed by atoms with E-state index in [4.69, 9.17) is 0 Å². The fourth-order valence-corrected chi connectivity index (χ4v) is 6.02. The fourth-order valence-electron chi connectivity index (χ4n) is 6.02. The van der Waals surface area contributed by atoms with Crippen molar-refractivity contribution in [3.05, 3.63) is 36.5 Å². The summed E-state index contributed by atoms with van der Waals surface area (Å²) in [6, 6.07) is -1.01. The number of unbranched alkanes of at least 4 members (excludes halogenated alkanes) is 21. The van der Waals surface area contributed by atoms with Crippen molar-refractivity contribution in [3.8, 4) is 0 Å². The number of carbonyl (C=O) groups is 1. The third-order valence-corrected chi connectivity index (χ3v) is 9.31. The fraction of sp³-hybridized carbons (Fsp3) is 0.833. The van der Waals surface area contributed by atoms with Crippen molar-refractivity contribution < 1.29 is 25.2 Å². The molecule has 0 aromatic rings. The average molecular weight is 678 g/mol. The molecule has 5 N–H and O–H groups in total. The van der Waals surface area contributed by atoms with Crippen molar-refractivity contribution >= 4 is 5.91 Å². The Morgan fingerprint density at radius 2 is 0.875 bits per heavy atom. The van der Waals surface area contributed by atoms with E-state index in [1.165, 1.54) is 109 Å². The first kappa shape index (κ1) is 46.5. The minimum Gasteiger partial charge on any atom is -0.394 e. The monoisotopic (exact) mass is 678 g/mol. The summed E-state index contributed by atoms with van der Waals surface area (Å²) in [5.41, 5.74) is 0. The predicted molar refractivity (Wildman–Crippen MR) is 205 cm³/mol. The van der Waals surface area contributed by atoms with E-state index in [2.05, 4.69) is 55.6 Å². The Morgan fingerprint density at radius 3 is 1.31 bits per heavy atom. The summed E-state index contributed by atoms with van der Waals surface area (Å²) >= 11 is 0. The van der Waals surface area contributed by atoms with Gasteiger partial charge in [-0.25, -0.2) is 0 Å². The maximum atomic E-state index is 12.5. The second-order valence-corrected chi connectivity index (χ2v) is 14.0. The van der Waals surface area contributed by atoms with Crippen molar-refractivity contribution in [2.75, 3.05) is 6.61 Å². The second-order valence-electron chi connectivity index (χ2n) is 14.0. The molecule has 48 heavy (non-hydrogen) atoms. The van der Waals surface area contributed by atoms with Gasteiger partial charge >= 0.3 is 0 Å². The van der Waals surface area contributed by atoms with Gasteiger partial charge < -0.3 is 25.7 Å². The molecule has 4 unspecified atom stereocenters. The summed E-state index contributed by atoms with van der Waals surface area (Å²) in [5.74, 6) is -0.600. The van der Waals surface area contributed by atoms with Gasteiger partial charge in [0.2, 0.25) is 5.91 Å². The molecule has 6 nitrogen and oxygen atoms in total. The molecule has 6 heteroatoms. The number of hydrogen-bond acceptors (Lipinski definition) is 5. The molecule has 1 amide bonds. The minimum atomic E-state index is -1.29. The van der Waals surface area contributed by atoms with E-state index in [0.717, 1.165) is 51.4 Å². The van der Waals surface area contributed by atoms with Gasteiger partial charge in [-0.2, -0.15) is 0 Å². The molecule has 0 spiro atoms. The van der Waals surface area contributed by atoms with E-state index in [-0.39, 0.29) is 0 Å². The Kier molecular flexibility index (Phi) is 35.7. The largest absolute Gasteiger partial charge is 0.394 e. The number of nitrogens with one attached hydrogen (secondary N) is 1. The van der Waals surface area contributed by atoms with Crippen LogP contribution in [-0.2, 0) is 4.79 Å². The number of aliphatic hydroxyl groups is 4. The lowest BCUT2D eigenvalue weighted by atomic mass is 10.00. The Morgan fingerprint density at radius 1 is 0.500 bits per heavy atom. The zero-order valence-electron chi connectivity index (χ0n) is 31.5. The van der Waals surface area contributed by atoms with Crippen LogP contribution in [0.15, 0.2) is 36.5 Å². The number of amides is 1. The lowest BCUT2D eigenvalue weighted by Gasteiger charge is -2.27. The maximum Gasteiger partial charge on any atom is 0.249 e. The molecule has 0 fully saturated rings. The first-order valence-electron chi connectivity index (χ1n) is 20.4. The second kappa shape index (κ2) is 36.8. The SMILES string of the molecule is CCCCCC/C=C/CC/C=C/CC/C=C/CCCC(O)C(O)C(CO)NC(=O)C(O)CCCCCCCCCCCCCCCCC. The Labute approximate surface area is 297 Å². The third kappa shape index (κ3) is 30.6. The van der Waals surface area contributed by atoms with E-state index in [1.807, 2.05) is 0 Å². The van der Waals surface area contributed by atoms with Gasteiger partial charge in [0.25, 0.3) is 0 Å². The van der Waals surface area contributed by atoms with Crippen molar-refractivity contribution in [1.29, 1.82) is 0 Å². The van der Waals surface area contributed by atoms with Crippen molar-refractivity contribution in [2.45, 2.75) is 218 Å². The number of hydrogen-bond donors (Lipinski definition) is 5. The van der Waals surface area contributed by atoms with E-state index in [9.17, 15) is 25.2 Å². The van der Waals surface area contributed by atoms with Gasteiger partial charge in [-0.05, 0) is 64.2 Å². The lowest BCUT2D eigenvalue weighted by Crippen LogP contribution is -2.53. The van der Waals surface area contributed by atoms with Gasteiger partial charge in [-0.3, -0.25) is 4.79 Å². The molecule has 0 aromatic heterocycles. The van der Waals surface area contributed by atoms with Crippen LogP contribution in [0.3, 0.4) is 0 Å². The molecule has 4 atom stereocenters. The maximum absolute atomic E-state index is 12.5. The minimum absolute atomic E-state index is 0.361. The molecule has 0 saturated heterocycles. The predicted octanol–water partition coefficient (Wildman–Crippen LogP) is 10.2. The van der Waals surface area contributed by atoms with Crippen LogP contribution in [0.4, 0.5) is 0 Å². The van der Waals surface area contributed by atoms with Gasteiger partial charge in [-0.1, -0.05) is 166 Å². The van der Waals surface area contributed by atoms with Gasteiger partial charge in [0, 0.05) is 0 Å². The van der Waals surface area contributed by atoms with Crippen LogP contribution in [0.25, 0.3) is 0 Å². The average Bonchev–Trinajstić information content (AvgIpc) is 3.09. The number of allylic oxidation sites excluding steroid dienone is 6. The van der Waals surface area contributed by atoms with Crippen molar-refractivity contribution in [2.24, 2.45) is 0 Å². The van der Waals surface area contributed by atoms with Crippen LogP contribution in [0.2, 0.25) is 0 Å². The molecular weight excluding hydrogens is 598 g/mol. The van der Waals surface area contributed by atoms with Gasteiger partial charge in [0.15, 0.2) is 0 Å². The molecule has 0 aliphatic carbocycles. The number of carbonyl (C=O) groups excluding carboxylic acids is 1. The molecule has 0 aliphatic rings. The molecular formula is C42H79NO5. The summed E-state index contributed by atoms with van der Waals surface area (Å²) < 4.78 is 0. The Bertz CT molecular complexity index is 767. The highest BCUT2D eigenvalue weighted by Gasteiger charge is 2.28. The topological polar surface area (TPSA) is 110 Å². The highest BCUT2D eigenvalue weighted by molar-refractivity contribution is 5.80. The molecule has 0 aromatic carbocycles.